The molecule has 1 aromatic heterocycles. The predicted octanol–water partition coefficient (Wildman–Crippen LogP) is 0.862. The van der Waals surface area contributed by atoms with Crippen LogP contribution in [0.25, 0.3) is 0 Å². The number of carbonyl (C=O) groups excluding carboxylic acids is 2. The maximum absolute atomic E-state index is 12.5. The van der Waals surface area contributed by atoms with E-state index in [-0.39, 0.29) is 29.9 Å². The van der Waals surface area contributed by atoms with Gasteiger partial charge in [-0.3, -0.25) is 24.5 Å². The van der Waals surface area contributed by atoms with Gasteiger partial charge in [0.05, 0.1) is 6.54 Å². The zero-order chi connectivity index (χ0) is 22.5. The van der Waals surface area contributed by atoms with E-state index >= 15 is 0 Å². The molecular formula is C19H34N6O4. The zero-order valence-corrected chi connectivity index (χ0v) is 18.4. The predicted molar refractivity (Wildman–Crippen MR) is 114 cm³/mol. The Hall–Kier alpha value is -2.78. The van der Waals surface area contributed by atoms with Crippen molar-refractivity contribution in [3.05, 3.63) is 20.8 Å². The highest BCUT2D eigenvalue weighted by Crippen LogP contribution is 2.18. The minimum absolute atomic E-state index is 0.0000399. The molecule has 0 spiro atoms. The smallest absolute Gasteiger partial charge is 0.330 e. The highest BCUT2D eigenvalue weighted by molar-refractivity contribution is 5.96. The van der Waals surface area contributed by atoms with E-state index in [1.807, 2.05) is 27.7 Å². The van der Waals surface area contributed by atoms with Gasteiger partial charge in [-0.2, -0.15) is 0 Å². The minimum Gasteiger partial charge on any atom is -0.383 e. The number of nitrogens with zero attached hydrogens (tertiary/aromatic N) is 2. The van der Waals surface area contributed by atoms with E-state index < -0.39 is 28.7 Å². The number of hydrogen-bond acceptors (Lipinski definition) is 6. The van der Waals surface area contributed by atoms with Gasteiger partial charge in [0.15, 0.2) is 0 Å². The Morgan fingerprint density at radius 3 is 2.21 bits per heavy atom. The molecule has 29 heavy (non-hydrogen) atoms. The lowest BCUT2D eigenvalue weighted by atomic mass is 10.1. The first-order valence-electron chi connectivity index (χ1n) is 9.70. The van der Waals surface area contributed by atoms with E-state index in [0.29, 0.717) is 13.1 Å². The van der Waals surface area contributed by atoms with Gasteiger partial charge in [0, 0.05) is 18.6 Å². The molecule has 164 valence electrons. The lowest BCUT2D eigenvalue weighted by molar-refractivity contribution is -0.118. The van der Waals surface area contributed by atoms with Crippen LogP contribution in [0.15, 0.2) is 9.59 Å². The van der Waals surface area contributed by atoms with Crippen molar-refractivity contribution in [1.82, 2.24) is 20.2 Å². The molecule has 5 N–H and O–H groups in total. The van der Waals surface area contributed by atoms with Gasteiger partial charge in [0.2, 0.25) is 5.91 Å². The molecule has 0 bridgehead atoms. The van der Waals surface area contributed by atoms with Crippen molar-refractivity contribution in [1.29, 1.82) is 0 Å². The highest BCUT2D eigenvalue weighted by atomic mass is 16.2. The minimum atomic E-state index is -0.667. The second-order valence-corrected chi connectivity index (χ2v) is 9.02. The molecule has 1 rings (SSSR count). The van der Waals surface area contributed by atoms with Gasteiger partial charge in [-0.25, -0.2) is 9.59 Å². The fraction of sp³-hybridized carbons (Fsp3) is 0.684. The second kappa shape index (κ2) is 9.62. The van der Waals surface area contributed by atoms with Crippen molar-refractivity contribution >= 4 is 23.4 Å². The van der Waals surface area contributed by atoms with Crippen molar-refractivity contribution in [3.8, 4) is 0 Å². The molecule has 0 fully saturated rings. The number of anilines is 2. The number of aromatic nitrogens is 2. The van der Waals surface area contributed by atoms with Crippen LogP contribution in [-0.2, 0) is 11.3 Å². The molecule has 0 aliphatic heterocycles. The van der Waals surface area contributed by atoms with Crippen LogP contribution in [0, 0.1) is 11.8 Å². The first kappa shape index (κ1) is 24.3. The van der Waals surface area contributed by atoms with Gasteiger partial charge in [-0.1, -0.05) is 27.7 Å². The number of amides is 3. The van der Waals surface area contributed by atoms with E-state index in [4.69, 9.17) is 5.73 Å². The molecule has 0 saturated heterocycles. The van der Waals surface area contributed by atoms with Gasteiger partial charge in [-0.15, -0.1) is 0 Å². The van der Waals surface area contributed by atoms with Crippen molar-refractivity contribution in [3.63, 3.8) is 0 Å². The number of imide groups is 1. The molecule has 0 radical (unpaired) electrons. The number of hydrogen-bond donors (Lipinski definition) is 4. The first-order valence-corrected chi connectivity index (χ1v) is 9.70. The van der Waals surface area contributed by atoms with E-state index in [1.165, 1.54) is 9.47 Å². The summed E-state index contributed by atoms with van der Waals surface area (Å²) >= 11 is 0. The summed E-state index contributed by atoms with van der Waals surface area (Å²) in [5, 5.41) is 4.89. The van der Waals surface area contributed by atoms with Crippen LogP contribution in [0.2, 0.25) is 0 Å². The number of urea groups is 1. The van der Waals surface area contributed by atoms with Gasteiger partial charge < -0.3 is 16.0 Å². The topological polar surface area (TPSA) is 142 Å². The van der Waals surface area contributed by atoms with Crippen LogP contribution in [0.1, 0.15) is 48.5 Å². The standard InChI is InChI=1S/C19H34N6O4/c1-11(2)8-24(10-13(26)21-17(28)23-19(5,6)7)14-15(20)25(9-12(3)4)18(29)22-16(14)27/h11-12H,8-10,20H2,1-7H3,(H,22,27,29)(H2,21,23,26,28). The number of nitrogen functional groups attached to an aromatic ring is 1. The molecule has 3 amide bonds. The molecule has 0 aromatic carbocycles. The summed E-state index contributed by atoms with van der Waals surface area (Å²) in [6, 6.07) is -0.626. The Morgan fingerprint density at radius 1 is 1.14 bits per heavy atom. The van der Waals surface area contributed by atoms with Crippen molar-refractivity contribution < 1.29 is 9.59 Å². The maximum Gasteiger partial charge on any atom is 0.330 e. The summed E-state index contributed by atoms with van der Waals surface area (Å²) in [4.78, 5) is 52.8. The van der Waals surface area contributed by atoms with Crippen molar-refractivity contribution in [2.75, 3.05) is 23.7 Å². The van der Waals surface area contributed by atoms with Crippen LogP contribution in [0.5, 0.6) is 0 Å². The van der Waals surface area contributed by atoms with E-state index in [9.17, 15) is 19.2 Å². The Morgan fingerprint density at radius 2 is 1.72 bits per heavy atom. The summed E-state index contributed by atoms with van der Waals surface area (Å²) in [5.74, 6) is -0.375. The number of H-pyrrole nitrogens is 1. The average molecular weight is 411 g/mol. The Kier molecular flexibility index (Phi) is 8.05. The third-order valence-electron chi connectivity index (χ3n) is 3.74. The third-order valence-corrected chi connectivity index (χ3v) is 3.74. The number of nitrogens with one attached hydrogen (secondary N) is 3. The average Bonchev–Trinajstić information content (AvgIpc) is 2.47. The van der Waals surface area contributed by atoms with Gasteiger partial charge >= 0.3 is 11.7 Å². The molecule has 0 saturated carbocycles. The Labute approximate surface area is 170 Å². The van der Waals surface area contributed by atoms with E-state index in [1.54, 1.807) is 20.8 Å². The summed E-state index contributed by atoms with van der Waals surface area (Å²) in [5.41, 5.74) is 4.44. The lowest BCUT2D eigenvalue weighted by Crippen LogP contribution is -2.51. The first-order chi connectivity index (χ1) is 13.2. The second-order valence-electron chi connectivity index (χ2n) is 9.02. The van der Waals surface area contributed by atoms with Gasteiger partial charge in [0.25, 0.3) is 5.56 Å². The summed E-state index contributed by atoms with van der Waals surface area (Å²) in [7, 11) is 0. The number of carbonyl (C=O) groups is 2. The number of nitrogens with two attached hydrogens (primary N) is 1. The summed E-state index contributed by atoms with van der Waals surface area (Å²) < 4.78 is 1.29. The Balaban J connectivity index is 3.22. The van der Waals surface area contributed by atoms with Crippen LogP contribution < -0.4 is 32.5 Å². The number of rotatable bonds is 7. The maximum atomic E-state index is 12.5. The summed E-state index contributed by atoms with van der Waals surface area (Å²) in [6.07, 6.45) is 0. The Bertz CT molecular complexity index is 848. The molecule has 0 aliphatic carbocycles. The van der Waals surface area contributed by atoms with Crippen LogP contribution in [0.3, 0.4) is 0 Å². The lowest BCUT2D eigenvalue weighted by Gasteiger charge is -2.27. The van der Waals surface area contributed by atoms with E-state index in [0.717, 1.165) is 0 Å². The fourth-order valence-electron chi connectivity index (χ4n) is 2.82. The fourth-order valence-corrected chi connectivity index (χ4v) is 2.82. The molecule has 10 nitrogen and oxygen atoms in total. The van der Waals surface area contributed by atoms with Crippen LogP contribution >= 0.6 is 0 Å². The molecule has 0 unspecified atom stereocenters. The number of aromatic amines is 1. The van der Waals surface area contributed by atoms with Crippen LogP contribution in [0.4, 0.5) is 16.3 Å². The molecule has 1 aromatic rings. The highest BCUT2D eigenvalue weighted by Gasteiger charge is 2.23. The van der Waals surface area contributed by atoms with Crippen molar-refractivity contribution in [2.45, 2.75) is 60.5 Å². The molecule has 1 heterocycles. The van der Waals surface area contributed by atoms with E-state index in [2.05, 4.69) is 15.6 Å². The van der Waals surface area contributed by atoms with Gasteiger partial charge in [-0.05, 0) is 32.6 Å². The zero-order valence-electron chi connectivity index (χ0n) is 18.4. The van der Waals surface area contributed by atoms with Gasteiger partial charge in [0.1, 0.15) is 11.5 Å². The molecule has 0 atom stereocenters. The SMILES string of the molecule is CC(C)CN(CC(=O)NC(=O)NC(C)(C)C)c1c(N)n(CC(C)C)c(=O)[nH]c1=O. The summed E-state index contributed by atoms with van der Waals surface area (Å²) in [6.45, 7) is 13.5. The van der Waals surface area contributed by atoms with Crippen molar-refractivity contribution in [2.24, 2.45) is 11.8 Å². The monoisotopic (exact) mass is 410 g/mol. The quantitative estimate of drug-likeness (QED) is 0.525. The molecule has 10 heteroatoms. The molecule has 0 aliphatic rings. The molecular weight excluding hydrogens is 376 g/mol. The van der Waals surface area contributed by atoms with Crippen LogP contribution in [-0.4, -0.2) is 40.1 Å². The largest absolute Gasteiger partial charge is 0.383 e. The normalized spacial score (nSPS) is 11.6. The third kappa shape index (κ3) is 7.63.